The van der Waals surface area contributed by atoms with E-state index in [9.17, 15) is 0 Å². The zero-order valence-electron chi connectivity index (χ0n) is 18.0. The van der Waals surface area contributed by atoms with Crippen LogP contribution < -0.4 is 4.90 Å². The van der Waals surface area contributed by atoms with E-state index in [0.29, 0.717) is 6.42 Å². The van der Waals surface area contributed by atoms with E-state index >= 15 is 0 Å². The fraction of sp³-hybridized carbons (Fsp3) is 0.391. The van der Waals surface area contributed by atoms with Gasteiger partial charge in [0.15, 0.2) is 0 Å². The Morgan fingerprint density at radius 2 is 1.94 bits per heavy atom. The summed E-state index contributed by atoms with van der Waals surface area (Å²) in [6, 6.07) is 11.2. The summed E-state index contributed by atoms with van der Waals surface area (Å²) in [5, 5.41) is 13.3. The second-order valence-electron chi connectivity index (χ2n) is 7.77. The molecular formula is C23H28ClN7. The first-order valence-corrected chi connectivity index (χ1v) is 10.3. The molecule has 1 unspecified atom stereocenters. The molecule has 3 heterocycles. The van der Waals surface area contributed by atoms with Crippen molar-refractivity contribution < 1.29 is 0 Å². The highest BCUT2D eigenvalue weighted by Gasteiger charge is 2.29. The summed E-state index contributed by atoms with van der Waals surface area (Å²) in [5.74, 6) is 0.922. The summed E-state index contributed by atoms with van der Waals surface area (Å²) in [6.07, 6.45) is 8.62. The lowest BCUT2D eigenvalue weighted by Crippen LogP contribution is -2.48. The zero-order chi connectivity index (χ0) is 20.9. The van der Waals surface area contributed by atoms with Gasteiger partial charge in [-0.2, -0.15) is 10.4 Å². The Morgan fingerprint density at radius 3 is 2.58 bits per heavy atom. The number of hydrogen-bond donors (Lipinski definition) is 0. The third-order valence-electron chi connectivity index (χ3n) is 5.97. The number of aromatic nitrogens is 4. The molecule has 1 fully saturated rings. The van der Waals surface area contributed by atoms with Crippen molar-refractivity contribution in [3.8, 4) is 6.07 Å². The summed E-state index contributed by atoms with van der Waals surface area (Å²) in [4.78, 5) is 13.6. The number of nitriles is 1. The van der Waals surface area contributed by atoms with Gasteiger partial charge in [-0.15, -0.1) is 12.4 Å². The van der Waals surface area contributed by atoms with Gasteiger partial charge in [0.2, 0.25) is 0 Å². The molecule has 4 rings (SSSR count). The molecule has 0 saturated carbocycles. The third kappa shape index (κ3) is 5.22. The van der Waals surface area contributed by atoms with E-state index in [1.807, 2.05) is 24.1 Å². The topological polar surface area (TPSA) is 73.9 Å². The normalized spacial score (nSPS) is 16.5. The van der Waals surface area contributed by atoms with Crippen molar-refractivity contribution in [1.82, 2.24) is 24.6 Å². The molecule has 162 valence electrons. The minimum atomic E-state index is 0. The van der Waals surface area contributed by atoms with Crippen LogP contribution in [0.3, 0.4) is 0 Å². The van der Waals surface area contributed by atoms with Crippen LogP contribution >= 0.6 is 12.4 Å². The van der Waals surface area contributed by atoms with E-state index in [0.717, 1.165) is 38.4 Å². The van der Waals surface area contributed by atoms with Crippen molar-refractivity contribution in [2.45, 2.75) is 32.4 Å². The van der Waals surface area contributed by atoms with Crippen LogP contribution in [0.4, 0.5) is 5.82 Å². The van der Waals surface area contributed by atoms with Gasteiger partial charge in [-0.05, 0) is 24.5 Å². The highest BCUT2D eigenvalue weighted by Crippen LogP contribution is 2.30. The zero-order valence-corrected chi connectivity index (χ0v) is 18.8. The Labute approximate surface area is 189 Å². The first-order valence-electron chi connectivity index (χ1n) is 10.3. The molecule has 0 amide bonds. The molecule has 31 heavy (non-hydrogen) atoms. The standard InChI is InChI=1S/C23H27N7.ClH/c1-18-21(14-27-28(18)2)16-29-12-13-30(23-15-25-10-11-26-23)17-22(29)20-7-5-19(6-8-20)4-3-9-24;/h5-8,10-11,14-15,22H,3-4,12-13,16-17H2,1-2H3;1H. The van der Waals surface area contributed by atoms with Crippen molar-refractivity contribution in [3.63, 3.8) is 0 Å². The molecule has 0 bridgehead atoms. The van der Waals surface area contributed by atoms with Gasteiger partial charge < -0.3 is 4.90 Å². The molecule has 0 N–H and O–H groups in total. The molecule has 8 heteroatoms. The third-order valence-corrected chi connectivity index (χ3v) is 5.97. The molecule has 2 aromatic heterocycles. The van der Waals surface area contributed by atoms with Crippen molar-refractivity contribution in [2.24, 2.45) is 7.05 Å². The van der Waals surface area contributed by atoms with E-state index in [2.05, 4.69) is 62.1 Å². The van der Waals surface area contributed by atoms with E-state index in [1.165, 1.54) is 22.4 Å². The summed E-state index contributed by atoms with van der Waals surface area (Å²) < 4.78 is 1.93. The van der Waals surface area contributed by atoms with Crippen molar-refractivity contribution >= 4 is 18.2 Å². The molecule has 0 radical (unpaired) electrons. The minimum absolute atomic E-state index is 0. The Morgan fingerprint density at radius 1 is 1.13 bits per heavy atom. The van der Waals surface area contributed by atoms with Crippen molar-refractivity contribution in [3.05, 3.63) is 71.4 Å². The average Bonchev–Trinajstić information content (AvgIpc) is 3.11. The van der Waals surface area contributed by atoms with Gasteiger partial charge >= 0.3 is 0 Å². The summed E-state index contributed by atoms with van der Waals surface area (Å²) in [7, 11) is 1.99. The Kier molecular flexibility index (Phi) is 7.61. The molecular weight excluding hydrogens is 410 g/mol. The fourth-order valence-electron chi connectivity index (χ4n) is 4.01. The lowest BCUT2D eigenvalue weighted by atomic mass is 9.99. The first kappa shape index (κ1) is 22.7. The number of halogens is 1. The van der Waals surface area contributed by atoms with Gasteiger partial charge in [-0.25, -0.2) is 4.98 Å². The van der Waals surface area contributed by atoms with Gasteiger partial charge in [0, 0.05) is 63.3 Å². The number of hydrogen-bond acceptors (Lipinski definition) is 6. The molecule has 1 aliphatic rings. The van der Waals surface area contributed by atoms with Gasteiger partial charge in [0.25, 0.3) is 0 Å². The van der Waals surface area contributed by atoms with Gasteiger partial charge in [0.05, 0.1) is 24.5 Å². The maximum atomic E-state index is 8.84. The first-order chi connectivity index (χ1) is 14.7. The Hall–Kier alpha value is -2.95. The minimum Gasteiger partial charge on any atom is -0.352 e. The van der Waals surface area contributed by atoms with E-state index in [4.69, 9.17) is 5.26 Å². The van der Waals surface area contributed by atoms with E-state index in [1.54, 1.807) is 12.4 Å². The van der Waals surface area contributed by atoms with Crippen LogP contribution in [0.25, 0.3) is 0 Å². The maximum Gasteiger partial charge on any atom is 0.147 e. The molecule has 0 spiro atoms. The SMILES string of the molecule is Cc1c(CN2CCN(c3cnccn3)CC2c2ccc(CCC#N)cc2)cnn1C.Cl. The molecule has 1 aromatic carbocycles. The van der Waals surface area contributed by atoms with Crippen LogP contribution in [-0.4, -0.2) is 44.3 Å². The largest absolute Gasteiger partial charge is 0.352 e. The number of nitrogens with zero attached hydrogens (tertiary/aromatic N) is 7. The predicted molar refractivity (Wildman–Crippen MR) is 123 cm³/mol. The number of aryl methyl sites for hydroxylation is 2. The molecule has 1 aliphatic heterocycles. The van der Waals surface area contributed by atoms with Gasteiger partial charge in [-0.1, -0.05) is 24.3 Å². The second-order valence-corrected chi connectivity index (χ2v) is 7.77. The number of anilines is 1. The molecule has 3 aromatic rings. The summed E-state index contributed by atoms with van der Waals surface area (Å²) >= 11 is 0. The quantitative estimate of drug-likeness (QED) is 0.588. The van der Waals surface area contributed by atoms with Crippen LogP contribution in [0.2, 0.25) is 0 Å². The Bertz CT molecular complexity index is 1010. The van der Waals surface area contributed by atoms with Crippen LogP contribution in [-0.2, 0) is 20.0 Å². The lowest BCUT2D eigenvalue weighted by Gasteiger charge is -2.42. The Balaban J connectivity index is 0.00000272. The predicted octanol–water partition coefficient (Wildman–Crippen LogP) is 3.46. The molecule has 0 aliphatic carbocycles. The molecule has 7 nitrogen and oxygen atoms in total. The van der Waals surface area contributed by atoms with E-state index in [-0.39, 0.29) is 18.4 Å². The summed E-state index contributed by atoms with van der Waals surface area (Å²) in [6.45, 7) is 5.70. The van der Waals surface area contributed by atoms with Crippen molar-refractivity contribution in [2.75, 3.05) is 24.5 Å². The van der Waals surface area contributed by atoms with Crippen molar-refractivity contribution in [1.29, 1.82) is 5.26 Å². The van der Waals surface area contributed by atoms with E-state index < -0.39 is 0 Å². The van der Waals surface area contributed by atoms with Gasteiger partial charge in [0.1, 0.15) is 5.82 Å². The van der Waals surface area contributed by atoms with Gasteiger partial charge in [-0.3, -0.25) is 14.6 Å². The maximum absolute atomic E-state index is 8.84. The molecule has 1 saturated heterocycles. The fourth-order valence-corrected chi connectivity index (χ4v) is 4.01. The van der Waals surface area contributed by atoms with Crippen LogP contribution in [0, 0.1) is 18.3 Å². The lowest BCUT2D eigenvalue weighted by molar-refractivity contribution is 0.168. The highest BCUT2D eigenvalue weighted by molar-refractivity contribution is 5.85. The van der Waals surface area contributed by atoms with Crippen LogP contribution in [0.5, 0.6) is 0 Å². The highest BCUT2D eigenvalue weighted by atomic mass is 35.5. The smallest absolute Gasteiger partial charge is 0.147 e. The molecule has 1 atom stereocenters. The number of piperazine rings is 1. The average molecular weight is 438 g/mol. The number of rotatable bonds is 6. The monoisotopic (exact) mass is 437 g/mol. The number of benzene rings is 1. The summed E-state index contributed by atoms with van der Waals surface area (Å²) in [5.41, 5.74) is 4.96. The second kappa shape index (κ2) is 10.4. The van der Waals surface area contributed by atoms with Crippen LogP contribution in [0.15, 0.2) is 49.1 Å². The van der Waals surface area contributed by atoms with Crippen LogP contribution in [0.1, 0.15) is 34.8 Å².